The molecule has 2 amide bonds. The molecule has 9 heavy (non-hydrogen) atoms. The highest BCUT2D eigenvalue weighted by Gasteiger charge is 1.98. The number of nitrogens with two attached hydrogens (primary N) is 1. The summed E-state index contributed by atoms with van der Waals surface area (Å²) in [6.45, 7) is 3.89. The summed E-state index contributed by atoms with van der Waals surface area (Å²) in [5.41, 5.74) is 4.76. The Morgan fingerprint density at radius 3 is 2.89 bits per heavy atom. The molecule has 3 N–H and O–H groups in total. The van der Waals surface area contributed by atoms with Crippen LogP contribution in [0.15, 0.2) is 0 Å². The fourth-order valence-corrected chi connectivity index (χ4v) is 0.298. The molecular formula is C5H11N2O2. The molecule has 0 saturated carbocycles. The first-order chi connectivity index (χ1) is 4.16. The van der Waals surface area contributed by atoms with Crippen molar-refractivity contribution in [3.05, 3.63) is 6.92 Å². The molecule has 0 aliphatic carbocycles. The minimum absolute atomic E-state index is 0.225. The lowest BCUT2D eigenvalue weighted by atomic mass is 10.4. The van der Waals surface area contributed by atoms with E-state index in [4.69, 9.17) is 10.5 Å². The van der Waals surface area contributed by atoms with E-state index in [0.717, 1.165) is 0 Å². The van der Waals surface area contributed by atoms with Gasteiger partial charge in [0.25, 0.3) is 0 Å². The second kappa shape index (κ2) is 4.14. The van der Waals surface area contributed by atoms with Crippen molar-refractivity contribution in [2.45, 2.75) is 6.10 Å². The van der Waals surface area contributed by atoms with E-state index < -0.39 is 6.03 Å². The monoisotopic (exact) mass is 131 g/mol. The molecule has 0 aliphatic rings. The minimum atomic E-state index is -0.555. The summed E-state index contributed by atoms with van der Waals surface area (Å²) >= 11 is 0. The molecule has 0 aromatic heterocycles. The van der Waals surface area contributed by atoms with Crippen LogP contribution in [0, 0.1) is 6.92 Å². The number of methoxy groups -OCH3 is 1. The Hall–Kier alpha value is -0.770. The van der Waals surface area contributed by atoms with Gasteiger partial charge in [0.2, 0.25) is 0 Å². The number of ether oxygens (including phenoxy) is 1. The van der Waals surface area contributed by atoms with Crippen molar-refractivity contribution in [2.24, 2.45) is 5.73 Å². The third-order valence-electron chi connectivity index (χ3n) is 0.837. The average Bonchev–Trinajstić information content (AvgIpc) is 1.83. The maximum atomic E-state index is 10.0. The summed E-state index contributed by atoms with van der Waals surface area (Å²) in [6.07, 6.45) is -0.225. The van der Waals surface area contributed by atoms with Crippen molar-refractivity contribution >= 4 is 6.03 Å². The van der Waals surface area contributed by atoms with Gasteiger partial charge in [0.05, 0.1) is 6.10 Å². The van der Waals surface area contributed by atoms with Crippen LogP contribution < -0.4 is 11.1 Å². The van der Waals surface area contributed by atoms with E-state index in [1.54, 1.807) is 0 Å². The number of carbonyl (C=O) groups is 1. The quantitative estimate of drug-likeness (QED) is 0.542. The molecule has 0 aliphatic heterocycles. The van der Waals surface area contributed by atoms with Gasteiger partial charge in [-0.05, 0) is 6.92 Å². The smallest absolute Gasteiger partial charge is 0.312 e. The van der Waals surface area contributed by atoms with Crippen LogP contribution in [0.1, 0.15) is 0 Å². The molecule has 1 radical (unpaired) electrons. The van der Waals surface area contributed by atoms with Gasteiger partial charge >= 0.3 is 6.03 Å². The number of rotatable bonds is 3. The number of carbonyl (C=O) groups excluding carboxylic acids is 1. The van der Waals surface area contributed by atoms with Gasteiger partial charge in [0.15, 0.2) is 0 Å². The number of urea groups is 1. The summed E-state index contributed by atoms with van der Waals surface area (Å²) in [5, 5.41) is 2.35. The number of hydrogen-bond acceptors (Lipinski definition) is 2. The summed E-state index contributed by atoms with van der Waals surface area (Å²) in [6, 6.07) is -0.555. The Morgan fingerprint density at radius 1 is 2.00 bits per heavy atom. The minimum Gasteiger partial charge on any atom is -0.380 e. The second-order valence-electron chi connectivity index (χ2n) is 1.60. The van der Waals surface area contributed by atoms with Gasteiger partial charge in [-0.15, -0.1) is 0 Å². The SMILES string of the molecule is [CH2]C(CNC(N)=O)OC. The molecule has 1 unspecified atom stereocenters. The van der Waals surface area contributed by atoms with Crippen LogP contribution in [-0.2, 0) is 4.74 Å². The molecule has 0 aromatic rings. The molecule has 0 spiro atoms. The Labute approximate surface area is 54.4 Å². The first-order valence-corrected chi connectivity index (χ1v) is 2.56. The molecule has 1 atom stereocenters. The van der Waals surface area contributed by atoms with E-state index >= 15 is 0 Å². The van der Waals surface area contributed by atoms with Gasteiger partial charge in [-0.1, -0.05) is 0 Å². The van der Waals surface area contributed by atoms with E-state index in [-0.39, 0.29) is 6.10 Å². The van der Waals surface area contributed by atoms with E-state index in [0.29, 0.717) is 6.54 Å². The van der Waals surface area contributed by atoms with Gasteiger partial charge < -0.3 is 15.8 Å². The first-order valence-electron chi connectivity index (χ1n) is 2.56. The van der Waals surface area contributed by atoms with Crippen LogP contribution in [0.2, 0.25) is 0 Å². The summed E-state index contributed by atoms with van der Waals surface area (Å²) in [7, 11) is 1.51. The van der Waals surface area contributed by atoms with E-state index in [2.05, 4.69) is 12.2 Å². The molecule has 53 valence electrons. The zero-order chi connectivity index (χ0) is 7.28. The first kappa shape index (κ1) is 8.23. The van der Waals surface area contributed by atoms with E-state index in [9.17, 15) is 4.79 Å². The van der Waals surface area contributed by atoms with E-state index in [1.807, 2.05) is 0 Å². The zero-order valence-corrected chi connectivity index (χ0v) is 5.39. The normalized spacial score (nSPS) is 12.7. The summed E-state index contributed by atoms with van der Waals surface area (Å²) in [5.74, 6) is 0. The lowest BCUT2D eigenvalue weighted by Gasteiger charge is -2.07. The maximum Gasteiger partial charge on any atom is 0.312 e. The van der Waals surface area contributed by atoms with Crippen molar-refractivity contribution in [3.8, 4) is 0 Å². The van der Waals surface area contributed by atoms with Crippen molar-refractivity contribution in [3.63, 3.8) is 0 Å². The third kappa shape index (κ3) is 5.10. The predicted molar refractivity (Wildman–Crippen MR) is 33.7 cm³/mol. The number of nitrogens with one attached hydrogen (secondary N) is 1. The van der Waals surface area contributed by atoms with Gasteiger partial charge in [0, 0.05) is 13.7 Å². The average molecular weight is 131 g/mol. The topological polar surface area (TPSA) is 64.3 Å². The van der Waals surface area contributed by atoms with Gasteiger partial charge in [-0.3, -0.25) is 0 Å². The highest BCUT2D eigenvalue weighted by molar-refractivity contribution is 5.71. The molecule has 0 fully saturated rings. The highest BCUT2D eigenvalue weighted by Crippen LogP contribution is 1.80. The summed E-state index contributed by atoms with van der Waals surface area (Å²) < 4.78 is 4.72. The molecule has 0 rings (SSSR count). The molecule has 0 heterocycles. The van der Waals surface area contributed by atoms with Crippen molar-refractivity contribution in [2.75, 3.05) is 13.7 Å². The Bertz CT molecular complexity index is 95.0. The Morgan fingerprint density at radius 2 is 2.56 bits per heavy atom. The fraction of sp³-hybridized carbons (Fsp3) is 0.600. The molecular weight excluding hydrogens is 120 g/mol. The molecule has 0 bridgehead atoms. The van der Waals surface area contributed by atoms with Crippen molar-refractivity contribution in [1.29, 1.82) is 0 Å². The van der Waals surface area contributed by atoms with Crippen LogP contribution in [-0.4, -0.2) is 25.8 Å². The lowest BCUT2D eigenvalue weighted by Crippen LogP contribution is -2.35. The van der Waals surface area contributed by atoms with Gasteiger partial charge in [-0.25, -0.2) is 4.79 Å². The second-order valence-corrected chi connectivity index (χ2v) is 1.60. The van der Waals surface area contributed by atoms with Crippen LogP contribution in [0.4, 0.5) is 4.79 Å². The van der Waals surface area contributed by atoms with Crippen LogP contribution >= 0.6 is 0 Å². The standard InChI is InChI=1S/C5H11N2O2/c1-4(9-2)3-7-5(6)8/h4H,1,3H2,2H3,(H3,6,7,8). The fourth-order valence-electron chi connectivity index (χ4n) is 0.298. The van der Waals surface area contributed by atoms with Crippen molar-refractivity contribution < 1.29 is 9.53 Å². The Balaban J connectivity index is 3.16. The number of hydrogen-bond donors (Lipinski definition) is 2. The lowest BCUT2D eigenvalue weighted by molar-refractivity contribution is 0.138. The van der Waals surface area contributed by atoms with Crippen LogP contribution in [0.3, 0.4) is 0 Å². The van der Waals surface area contributed by atoms with Gasteiger partial charge in [0.1, 0.15) is 0 Å². The Kier molecular flexibility index (Phi) is 3.79. The van der Waals surface area contributed by atoms with Crippen LogP contribution in [0.5, 0.6) is 0 Å². The maximum absolute atomic E-state index is 10.0. The number of primary amides is 1. The third-order valence-corrected chi connectivity index (χ3v) is 0.837. The van der Waals surface area contributed by atoms with Gasteiger partial charge in [-0.2, -0.15) is 0 Å². The van der Waals surface area contributed by atoms with Crippen molar-refractivity contribution in [1.82, 2.24) is 5.32 Å². The zero-order valence-electron chi connectivity index (χ0n) is 5.39. The van der Waals surface area contributed by atoms with Crippen LogP contribution in [0.25, 0.3) is 0 Å². The highest BCUT2D eigenvalue weighted by atomic mass is 16.5. The molecule has 4 heteroatoms. The summed E-state index contributed by atoms with van der Waals surface area (Å²) in [4.78, 5) is 10.0. The van der Waals surface area contributed by atoms with E-state index in [1.165, 1.54) is 7.11 Å². The molecule has 4 nitrogen and oxygen atoms in total. The predicted octanol–water partition coefficient (Wildman–Crippen LogP) is -0.496. The molecule has 0 saturated heterocycles. The molecule has 0 aromatic carbocycles. The number of amides is 2. The largest absolute Gasteiger partial charge is 0.380 e.